The Bertz CT molecular complexity index is 751. The molecule has 2 aromatic heterocycles. The minimum atomic E-state index is 0.272. The first-order valence-electron chi connectivity index (χ1n) is 9.56. The molecular weight excluding hydrogens is 346 g/mol. The summed E-state index contributed by atoms with van der Waals surface area (Å²) in [5, 5.41) is 19.4. The third-order valence-electron chi connectivity index (χ3n) is 4.48. The second-order valence-electron chi connectivity index (χ2n) is 6.49. The van der Waals surface area contributed by atoms with Gasteiger partial charge in [-0.3, -0.25) is 4.99 Å². The highest BCUT2D eigenvalue weighted by Gasteiger charge is 2.22. The van der Waals surface area contributed by atoms with Gasteiger partial charge in [-0.25, -0.2) is 9.67 Å². The number of nitrogens with one attached hydrogen (secondary N) is 2. The molecule has 27 heavy (non-hydrogen) atoms. The maximum absolute atomic E-state index is 5.13. The predicted molar refractivity (Wildman–Crippen MR) is 101 cm³/mol. The summed E-state index contributed by atoms with van der Waals surface area (Å²) in [4.78, 5) is 9.22. The van der Waals surface area contributed by atoms with Crippen molar-refractivity contribution in [3.8, 4) is 0 Å². The summed E-state index contributed by atoms with van der Waals surface area (Å²) in [6.07, 6.45) is 4.53. The average molecular weight is 375 g/mol. The van der Waals surface area contributed by atoms with Crippen LogP contribution in [0.5, 0.6) is 0 Å². The Morgan fingerprint density at radius 3 is 3.07 bits per heavy atom. The van der Waals surface area contributed by atoms with Crippen LogP contribution >= 0.6 is 0 Å². The van der Waals surface area contributed by atoms with Crippen LogP contribution in [0.4, 0.5) is 0 Å². The lowest BCUT2D eigenvalue weighted by Gasteiger charge is -2.25. The maximum Gasteiger partial charge on any atom is 0.191 e. The van der Waals surface area contributed by atoms with E-state index in [9.17, 15) is 0 Å². The largest absolute Gasteiger partial charge is 0.377 e. The van der Waals surface area contributed by atoms with Gasteiger partial charge in [0.05, 0.1) is 13.1 Å². The van der Waals surface area contributed by atoms with Gasteiger partial charge in [0.15, 0.2) is 11.8 Å². The summed E-state index contributed by atoms with van der Waals surface area (Å²) in [5.74, 6) is 3.59. The number of nitrogens with zero attached hydrogens (tertiary/aromatic N) is 7. The molecule has 10 heteroatoms. The fourth-order valence-corrected chi connectivity index (χ4v) is 3.19. The fraction of sp³-hybridized carbons (Fsp3) is 0.706. The summed E-state index contributed by atoms with van der Waals surface area (Å²) in [7, 11) is 1.66. The number of rotatable bonds is 8. The molecule has 0 fully saturated rings. The Morgan fingerprint density at radius 1 is 1.41 bits per heavy atom. The summed E-state index contributed by atoms with van der Waals surface area (Å²) in [5.41, 5.74) is 0. The molecule has 0 aromatic carbocycles. The van der Waals surface area contributed by atoms with Gasteiger partial charge >= 0.3 is 0 Å². The van der Waals surface area contributed by atoms with E-state index in [1.165, 1.54) is 0 Å². The van der Waals surface area contributed by atoms with Crippen LogP contribution in [0.2, 0.25) is 0 Å². The highest BCUT2D eigenvalue weighted by Crippen LogP contribution is 2.13. The van der Waals surface area contributed by atoms with E-state index in [0.717, 1.165) is 62.3 Å². The molecule has 1 aliphatic rings. The fourth-order valence-electron chi connectivity index (χ4n) is 3.19. The number of guanidine groups is 1. The van der Waals surface area contributed by atoms with E-state index in [4.69, 9.17) is 9.73 Å². The Kier molecular flexibility index (Phi) is 6.74. The molecule has 1 aliphatic heterocycles. The Hall–Kier alpha value is -2.49. The van der Waals surface area contributed by atoms with E-state index in [2.05, 4.69) is 44.8 Å². The van der Waals surface area contributed by atoms with Crippen LogP contribution in [0.15, 0.2) is 11.3 Å². The highest BCUT2D eigenvalue weighted by atomic mass is 16.5. The normalized spacial score (nSPS) is 17.0. The van der Waals surface area contributed by atoms with Crippen LogP contribution in [0.1, 0.15) is 37.7 Å². The van der Waals surface area contributed by atoms with Crippen LogP contribution in [0.25, 0.3) is 0 Å². The molecule has 3 heterocycles. The van der Waals surface area contributed by atoms with E-state index < -0.39 is 0 Å². The van der Waals surface area contributed by atoms with Crippen molar-refractivity contribution in [2.75, 3.05) is 20.2 Å². The zero-order valence-corrected chi connectivity index (χ0v) is 16.4. The molecule has 0 saturated heterocycles. The van der Waals surface area contributed by atoms with Gasteiger partial charge in [0.25, 0.3) is 0 Å². The third-order valence-corrected chi connectivity index (χ3v) is 4.48. The molecule has 0 saturated carbocycles. The van der Waals surface area contributed by atoms with Crippen molar-refractivity contribution in [2.45, 2.75) is 58.8 Å². The van der Waals surface area contributed by atoms with E-state index >= 15 is 0 Å². The quantitative estimate of drug-likeness (QED) is 0.499. The molecule has 10 nitrogen and oxygen atoms in total. The number of aryl methyl sites for hydroxylation is 2. The Morgan fingerprint density at radius 2 is 2.30 bits per heavy atom. The minimum Gasteiger partial charge on any atom is -0.377 e. The number of hydrogen-bond donors (Lipinski definition) is 2. The van der Waals surface area contributed by atoms with E-state index in [1.54, 1.807) is 13.4 Å². The summed E-state index contributed by atoms with van der Waals surface area (Å²) in [6.45, 7) is 7.63. The number of aromatic nitrogens is 6. The van der Waals surface area contributed by atoms with Crippen molar-refractivity contribution in [3.05, 3.63) is 23.8 Å². The summed E-state index contributed by atoms with van der Waals surface area (Å²) >= 11 is 0. The molecule has 3 rings (SSSR count). The number of ether oxygens (including phenoxy) is 1. The molecule has 2 aromatic rings. The van der Waals surface area contributed by atoms with Gasteiger partial charge in [-0.15, -0.1) is 10.2 Å². The number of fused-ring (bicyclic) bond motifs is 1. The number of methoxy groups -OCH3 is 1. The minimum absolute atomic E-state index is 0.272. The van der Waals surface area contributed by atoms with Gasteiger partial charge in [0.2, 0.25) is 0 Å². The van der Waals surface area contributed by atoms with Crippen LogP contribution < -0.4 is 10.6 Å². The smallest absolute Gasteiger partial charge is 0.191 e. The monoisotopic (exact) mass is 375 g/mol. The highest BCUT2D eigenvalue weighted by molar-refractivity contribution is 5.80. The third kappa shape index (κ3) is 5.03. The van der Waals surface area contributed by atoms with Crippen LogP contribution in [0, 0.1) is 0 Å². The van der Waals surface area contributed by atoms with Crippen molar-refractivity contribution in [3.63, 3.8) is 0 Å². The van der Waals surface area contributed by atoms with E-state index in [1.807, 2.05) is 9.25 Å². The molecular formula is C17H29N9O. The maximum atomic E-state index is 5.13. The van der Waals surface area contributed by atoms with Crippen molar-refractivity contribution in [1.82, 2.24) is 40.2 Å². The molecule has 1 unspecified atom stereocenters. The first-order chi connectivity index (χ1) is 13.2. The molecule has 0 spiro atoms. The Labute approximate surface area is 159 Å². The molecule has 0 amide bonds. The van der Waals surface area contributed by atoms with Crippen LogP contribution in [-0.2, 0) is 37.3 Å². The summed E-state index contributed by atoms with van der Waals surface area (Å²) in [6, 6.07) is 0.272. The SMILES string of the molecule is CCNC(=NCCn1cnnc1CC)NC1CCc2nc(COC)nn2C1. The van der Waals surface area contributed by atoms with E-state index in [-0.39, 0.29) is 6.04 Å². The topological polar surface area (TPSA) is 107 Å². The Balaban J connectivity index is 1.57. The lowest BCUT2D eigenvalue weighted by molar-refractivity contribution is 0.177. The van der Waals surface area contributed by atoms with E-state index in [0.29, 0.717) is 13.2 Å². The van der Waals surface area contributed by atoms with Crippen molar-refractivity contribution in [2.24, 2.45) is 4.99 Å². The average Bonchev–Trinajstić information content (AvgIpc) is 3.27. The first kappa shape index (κ1) is 19.3. The van der Waals surface area contributed by atoms with Crippen molar-refractivity contribution < 1.29 is 4.74 Å². The van der Waals surface area contributed by atoms with Gasteiger partial charge in [-0.1, -0.05) is 6.92 Å². The number of aliphatic imine (C=N–C) groups is 1. The molecule has 0 aliphatic carbocycles. The lowest BCUT2D eigenvalue weighted by atomic mass is 10.1. The summed E-state index contributed by atoms with van der Waals surface area (Å²) < 4.78 is 9.15. The molecule has 1 atom stereocenters. The number of hydrogen-bond acceptors (Lipinski definition) is 6. The van der Waals surface area contributed by atoms with Crippen LogP contribution in [0.3, 0.4) is 0 Å². The van der Waals surface area contributed by atoms with Gasteiger partial charge in [0.1, 0.15) is 24.6 Å². The van der Waals surface area contributed by atoms with Gasteiger partial charge < -0.3 is 19.9 Å². The molecule has 0 radical (unpaired) electrons. The molecule has 0 bridgehead atoms. The van der Waals surface area contributed by atoms with Crippen LogP contribution in [-0.4, -0.2) is 61.7 Å². The van der Waals surface area contributed by atoms with Gasteiger partial charge in [-0.05, 0) is 13.3 Å². The standard InChI is InChI=1S/C17H29N9O/c1-4-15-23-20-12-25(15)9-8-19-17(18-5-2)21-13-6-7-16-22-14(11-27-3)24-26(16)10-13/h12-13H,4-11H2,1-3H3,(H2,18,19,21). The van der Waals surface area contributed by atoms with Gasteiger partial charge in [0, 0.05) is 39.1 Å². The second kappa shape index (κ2) is 9.45. The predicted octanol–water partition coefficient (Wildman–Crippen LogP) is 0.149. The van der Waals surface area contributed by atoms with Crippen molar-refractivity contribution in [1.29, 1.82) is 0 Å². The zero-order valence-electron chi connectivity index (χ0n) is 16.4. The van der Waals surface area contributed by atoms with Gasteiger partial charge in [-0.2, -0.15) is 5.10 Å². The lowest BCUT2D eigenvalue weighted by Crippen LogP contribution is -2.47. The molecule has 2 N–H and O–H groups in total. The van der Waals surface area contributed by atoms with Crippen molar-refractivity contribution >= 4 is 5.96 Å². The molecule has 148 valence electrons. The first-order valence-corrected chi connectivity index (χ1v) is 9.56. The second-order valence-corrected chi connectivity index (χ2v) is 6.49. The zero-order chi connectivity index (χ0) is 19.1.